The highest BCUT2D eigenvalue weighted by Crippen LogP contribution is 2.42. The van der Waals surface area contributed by atoms with Gasteiger partial charge in [-0.25, -0.2) is 0 Å². The average Bonchev–Trinajstić information content (AvgIpc) is 2.77. The number of hydrogen-bond acceptors (Lipinski definition) is 5. The van der Waals surface area contributed by atoms with Crippen molar-refractivity contribution in [2.75, 3.05) is 31.7 Å². The van der Waals surface area contributed by atoms with Crippen molar-refractivity contribution in [2.24, 2.45) is 0 Å². The van der Waals surface area contributed by atoms with Crippen LogP contribution in [-0.4, -0.2) is 44.9 Å². The summed E-state index contributed by atoms with van der Waals surface area (Å²) in [6.45, 7) is 4.97. The third-order valence-electron chi connectivity index (χ3n) is 4.64. The summed E-state index contributed by atoms with van der Waals surface area (Å²) in [5.74, 6) is -0.404. The number of rotatable bonds is 8. The summed E-state index contributed by atoms with van der Waals surface area (Å²) in [6.07, 6.45) is 1.30. The molecule has 2 aromatic rings. The van der Waals surface area contributed by atoms with Gasteiger partial charge in [-0.15, -0.1) is 0 Å². The van der Waals surface area contributed by atoms with Crippen molar-refractivity contribution in [3.05, 3.63) is 63.5 Å². The minimum absolute atomic E-state index is 0.150. The van der Waals surface area contributed by atoms with Gasteiger partial charge in [-0.2, -0.15) is 0 Å². The van der Waals surface area contributed by atoms with E-state index in [2.05, 4.69) is 5.32 Å². The van der Waals surface area contributed by atoms with E-state index in [4.69, 9.17) is 21.1 Å². The number of nitrogens with one attached hydrogen (secondary N) is 1. The number of carbonyl (C=O) groups excluding carboxylic acids is 2. The van der Waals surface area contributed by atoms with Crippen molar-refractivity contribution in [1.29, 1.82) is 0 Å². The van der Waals surface area contributed by atoms with E-state index in [1.165, 1.54) is 11.8 Å². The van der Waals surface area contributed by atoms with Crippen molar-refractivity contribution >= 4 is 46.9 Å². The molecule has 0 fully saturated rings. The molecule has 3 rings (SSSR count). The molecule has 0 radical (unpaired) electrons. The summed E-state index contributed by atoms with van der Waals surface area (Å²) in [5.41, 5.74) is 1.93. The van der Waals surface area contributed by atoms with E-state index >= 15 is 0 Å². The van der Waals surface area contributed by atoms with Gasteiger partial charge in [0.25, 0.3) is 11.8 Å². The first-order valence-corrected chi connectivity index (χ1v) is 11.2. The normalized spacial score (nSPS) is 14.8. The molecule has 0 aromatic heterocycles. The van der Waals surface area contributed by atoms with E-state index in [-0.39, 0.29) is 18.4 Å². The van der Waals surface area contributed by atoms with Crippen LogP contribution in [0.3, 0.4) is 0 Å². The van der Waals surface area contributed by atoms with Gasteiger partial charge in [0.1, 0.15) is 0 Å². The molecule has 164 valence electrons. The van der Waals surface area contributed by atoms with Crippen molar-refractivity contribution < 1.29 is 19.1 Å². The highest BCUT2D eigenvalue weighted by molar-refractivity contribution is 8.04. The summed E-state index contributed by atoms with van der Waals surface area (Å²) in [4.78, 5) is 28.5. The van der Waals surface area contributed by atoms with Crippen LogP contribution in [0, 0.1) is 0 Å². The van der Waals surface area contributed by atoms with Crippen LogP contribution in [0.25, 0.3) is 6.08 Å². The Morgan fingerprint density at radius 3 is 2.58 bits per heavy atom. The molecule has 2 amide bonds. The van der Waals surface area contributed by atoms with Crippen LogP contribution in [0.5, 0.6) is 0 Å². The fourth-order valence-electron chi connectivity index (χ4n) is 3.08. The van der Waals surface area contributed by atoms with E-state index in [1.54, 1.807) is 36.2 Å². The summed E-state index contributed by atoms with van der Waals surface area (Å²) in [7, 11) is 1.70. The summed E-state index contributed by atoms with van der Waals surface area (Å²) in [6, 6.07) is 12.7. The number of carbonyl (C=O) groups is 2. The van der Waals surface area contributed by atoms with Gasteiger partial charge in [0.2, 0.25) is 0 Å². The monoisotopic (exact) mass is 460 g/mol. The average molecular weight is 461 g/mol. The Morgan fingerprint density at radius 1 is 1.19 bits per heavy atom. The highest BCUT2D eigenvalue weighted by atomic mass is 35.5. The minimum Gasteiger partial charge on any atom is -0.351 e. The van der Waals surface area contributed by atoms with Crippen LogP contribution in [0.4, 0.5) is 5.69 Å². The van der Waals surface area contributed by atoms with Crippen LogP contribution in [0.2, 0.25) is 5.02 Å². The quantitative estimate of drug-likeness (QED) is 0.461. The maximum atomic E-state index is 12.9. The summed E-state index contributed by atoms with van der Waals surface area (Å²) >= 11 is 7.60. The van der Waals surface area contributed by atoms with Gasteiger partial charge in [-0.3, -0.25) is 9.59 Å². The third kappa shape index (κ3) is 5.68. The van der Waals surface area contributed by atoms with Gasteiger partial charge in [0, 0.05) is 35.7 Å². The molecule has 0 unspecified atom stereocenters. The lowest BCUT2D eigenvalue weighted by Crippen LogP contribution is -2.35. The Morgan fingerprint density at radius 2 is 1.90 bits per heavy atom. The lowest BCUT2D eigenvalue weighted by Gasteiger charge is -2.27. The number of likely N-dealkylation sites (N-methyl/N-ethyl adjacent to an activating group) is 1. The lowest BCUT2D eigenvalue weighted by molar-refractivity contribution is -0.131. The molecular weight excluding hydrogens is 436 g/mol. The number of thioether (sulfide) groups is 1. The van der Waals surface area contributed by atoms with Gasteiger partial charge >= 0.3 is 0 Å². The first-order chi connectivity index (χ1) is 14.9. The number of fused-ring (bicyclic) bond motifs is 1. The molecule has 0 aliphatic carbocycles. The molecule has 0 atom stereocenters. The first kappa shape index (κ1) is 23.3. The molecule has 0 bridgehead atoms. The summed E-state index contributed by atoms with van der Waals surface area (Å²) < 4.78 is 10.9. The fourth-order valence-corrected chi connectivity index (χ4v) is 4.36. The van der Waals surface area contributed by atoms with Gasteiger partial charge in [0.15, 0.2) is 6.29 Å². The molecule has 1 N–H and O–H groups in total. The van der Waals surface area contributed by atoms with Gasteiger partial charge in [0.05, 0.1) is 17.1 Å². The van der Waals surface area contributed by atoms with Crippen molar-refractivity contribution in [2.45, 2.75) is 25.0 Å². The summed E-state index contributed by atoms with van der Waals surface area (Å²) in [5, 5.41) is 3.41. The van der Waals surface area contributed by atoms with E-state index in [0.29, 0.717) is 34.4 Å². The number of benzene rings is 2. The predicted octanol–water partition coefficient (Wildman–Crippen LogP) is 4.58. The van der Waals surface area contributed by atoms with E-state index in [0.717, 1.165) is 10.5 Å². The van der Waals surface area contributed by atoms with Crippen molar-refractivity contribution in [3.63, 3.8) is 0 Å². The van der Waals surface area contributed by atoms with Crippen LogP contribution >= 0.6 is 23.4 Å². The number of ether oxygens (including phenoxy) is 2. The van der Waals surface area contributed by atoms with E-state index in [9.17, 15) is 9.59 Å². The Hall–Kier alpha value is -2.32. The fraction of sp³-hybridized carbons (Fsp3) is 0.304. The van der Waals surface area contributed by atoms with Crippen LogP contribution in [0.15, 0.2) is 52.3 Å². The molecule has 2 aromatic carbocycles. The second-order valence-electron chi connectivity index (χ2n) is 6.73. The first-order valence-electron chi connectivity index (χ1n) is 10.0. The van der Waals surface area contributed by atoms with Gasteiger partial charge in [-0.1, -0.05) is 41.6 Å². The Bertz CT molecular complexity index is 989. The van der Waals surface area contributed by atoms with Crippen molar-refractivity contribution in [3.8, 4) is 0 Å². The van der Waals surface area contributed by atoms with E-state index in [1.807, 2.05) is 38.1 Å². The van der Waals surface area contributed by atoms with Crippen LogP contribution in [0.1, 0.15) is 29.8 Å². The maximum absolute atomic E-state index is 12.9. The number of amides is 2. The third-order valence-corrected chi connectivity index (χ3v) is 6.07. The molecule has 31 heavy (non-hydrogen) atoms. The molecule has 6 nitrogen and oxygen atoms in total. The molecular formula is C23H25ClN2O4S. The second kappa shape index (κ2) is 10.8. The topological polar surface area (TPSA) is 67.9 Å². The zero-order valence-corrected chi connectivity index (χ0v) is 19.3. The minimum atomic E-state index is -0.492. The second-order valence-corrected chi connectivity index (χ2v) is 8.22. The molecule has 1 heterocycles. The predicted molar refractivity (Wildman–Crippen MR) is 125 cm³/mol. The zero-order chi connectivity index (χ0) is 22.4. The van der Waals surface area contributed by atoms with Gasteiger partial charge in [-0.05, 0) is 49.8 Å². The maximum Gasteiger partial charge on any atom is 0.264 e. The molecule has 0 spiro atoms. The molecule has 1 aliphatic rings. The highest BCUT2D eigenvalue weighted by Gasteiger charge is 2.27. The largest absolute Gasteiger partial charge is 0.351 e. The molecule has 0 saturated heterocycles. The molecule has 1 aliphatic heterocycles. The molecule has 0 saturated carbocycles. The van der Waals surface area contributed by atoms with Crippen molar-refractivity contribution in [1.82, 2.24) is 5.32 Å². The number of hydrogen-bond donors (Lipinski definition) is 1. The van der Waals surface area contributed by atoms with Crippen LogP contribution < -0.4 is 10.2 Å². The number of anilines is 1. The Balaban J connectivity index is 1.77. The number of halogens is 1. The standard InChI is InChI=1S/C23H25ClN2O4S/c1-4-29-21(30-5-2)14-25-22(27)16-10-11-19-18(12-16)26(3)23(28)20(31-19)13-15-8-6-7-9-17(15)24/h6-13,21H,4-5,14H2,1-3H3,(H,25,27). The Kier molecular flexibility index (Phi) is 8.15. The van der Waals surface area contributed by atoms with Crippen LogP contribution in [-0.2, 0) is 14.3 Å². The number of nitrogens with zero attached hydrogens (tertiary/aromatic N) is 1. The Labute approximate surface area is 191 Å². The molecule has 8 heteroatoms. The van der Waals surface area contributed by atoms with Gasteiger partial charge < -0.3 is 19.7 Å². The lowest BCUT2D eigenvalue weighted by atomic mass is 10.1. The zero-order valence-electron chi connectivity index (χ0n) is 17.7. The smallest absolute Gasteiger partial charge is 0.264 e. The van der Waals surface area contributed by atoms with E-state index < -0.39 is 6.29 Å². The SMILES string of the molecule is CCOC(CNC(=O)c1ccc2c(c1)N(C)C(=O)C(=Cc1ccccc1Cl)S2)OCC.